The highest BCUT2D eigenvalue weighted by molar-refractivity contribution is 5.77. The van der Waals surface area contributed by atoms with Gasteiger partial charge in [0.05, 0.1) is 0 Å². The van der Waals surface area contributed by atoms with Crippen LogP contribution < -0.4 is 10.6 Å². The fourth-order valence-corrected chi connectivity index (χ4v) is 0.838. The first-order valence-electron chi connectivity index (χ1n) is 4.86. The summed E-state index contributed by atoms with van der Waals surface area (Å²) >= 11 is 0. The van der Waals surface area contributed by atoms with Crippen LogP contribution in [0.5, 0.6) is 0 Å². The number of nitrogens with one attached hydrogen (secondary N) is 2. The summed E-state index contributed by atoms with van der Waals surface area (Å²) in [6.07, 6.45) is 1.12. The highest BCUT2D eigenvalue weighted by Gasteiger charge is 1.97. The van der Waals surface area contributed by atoms with Gasteiger partial charge in [-0.25, -0.2) is 0 Å². The van der Waals surface area contributed by atoms with E-state index in [2.05, 4.69) is 17.6 Å². The zero-order valence-electron chi connectivity index (χ0n) is 8.56. The molecule has 0 aromatic rings. The standard InChI is InChI=1S/C9H20N2O2/c1-3-5-10-6-7-11-9(12)8-13-4-2/h10H,3-8H2,1-2H3,(H,11,12). The third kappa shape index (κ3) is 9.30. The molecule has 4 nitrogen and oxygen atoms in total. The van der Waals surface area contributed by atoms with Crippen LogP contribution in [-0.4, -0.2) is 38.8 Å². The van der Waals surface area contributed by atoms with Gasteiger partial charge in [0.25, 0.3) is 0 Å². The van der Waals surface area contributed by atoms with Gasteiger partial charge in [0, 0.05) is 19.7 Å². The minimum Gasteiger partial charge on any atom is -0.372 e. The van der Waals surface area contributed by atoms with Gasteiger partial charge in [0.2, 0.25) is 5.91 Å². The van der Waals surface area contributed by atoms with Crippen molar-refractivity contribution in [1.29, 1.82) is 0 Å². The first kappa shape index (κ1) is 12.4. The molecule has 1 amide bonds. The maximum absolute atomic E-state index is 11.0. The molecule has 0 heterocycles. The second-order valence-electron chi connectivity index (χ2n) is 2.74. The predicted molar refractivity (Wildman–Crippen MR) is 52.7 cm³/mol. The Hall–Kier alpha value is -0.610. The van der Waals surface area contributed by atoms with Crippen molar-refractivity contribution in [3.8, 4) is 0 Å². The topological polar surface area (TPSA) is 50.4 Å². The van der Waals surface area contributed by atoms with E-state index < -0.39 is 0 Å². The third-order valence-corrected chi connectivity index (χ3v) is 1.49. The normalized spacial score (nSPS) is 10.0. The lowest BCUT2D eigenvalue weighted by atomic mass is 10.4. The Kier molecular flexibility index (Phi) is 9.03. The number of carbonyl (C=O) groups is 1. The number of ether oxygens (including phenoxy) is 1. The Bertz CT molecular complexity index is 129. The van der Waals surface area contributed by atoms with Crippen molar-refractivity contribution >= 4 is 5.91 Å². The fourth-order valence-electron chi connectivity index (χ4n) is 0.838. The number of carbonyl (C=O) groups excluding carboxylic acids is 1. The second kappa shape index (κ2) is 9.48. The van der Waals surface area contributed by atoms with Crippen LogP contribution in [0.15, 0.2) is 0 Å². The fraction of sp³-hybridized carbons (Fsp3) is 0.889. The molecule has 0 saturated carbocycles. The van der Waals surface area contributed by atoms with Crippen LogP contribution in [0.1, 0.15) is 20.3 Å². The summed E-state index contributed by atoms with van der Waals surface area (Å²) in [6.45, 7) is 7.24. The Labute approximate surface area is 80.0 Å². The van der Waals surface area contributed by atoms with Crippen LogP contribution in [-0.2, 0) is 9.53 Å². The summed E-state index contributed by atoms with van der Waals surface area (Å²) < 4.78 is 4.94. The zero-order chi connectivity index (χ0) is 9.94. The molecule has 0 aliphatic heterocycles. The summed E-state index contributed by atoms with van der Waals surface area (Å²) in [4.78, 5) is 11.0. The molecule has 0 bridgehead atoms. The van der Waals surface area contributed by atoms with Crippen molar-refractivity contribution in [2.45, 2.75) is 20.3 Å². The van der Waals surface area contributed by atoms with Crippen LogP contribution in [0.2, 0.25) is 0 Å². The summed E-state index contributed by atoms with van der Waals surface area (Å²) in [6, 6.07) is 0. The van der Waals surface area contributed by atoms with E-state index in [9.17, 15) is 4.79 Å². The van der Waals surface area contributed by atoms with Gasteiger partial charge in [-0.2, -0.15) is 0 Å². The van der Waals surface area contributed by atoms with Crippen molar-refractivity contribution in [3.05, 3.63) is 0 Å². The second-order valence-corrected chi connectivity index (χ2v) is 2.74. The average molecular weight is 188 g/mol. The molecule has 0 aromatic heterocycles. The van der Waals surface area contributed by atoms with Gasteiger partial charge in [-0.3, -0.25) is 4.79 Å². The minimum absolute atomic E-state index is 0.0415. The van der Waals surface area contributed by atoms with E-state index in [4.69, 9.17) is 4.74 Å². The molecule has 0 radical (unpaired) electrons. The summed E-state index contributed by atoms with van der Waals surface area (Å²) in [5.41, 5.74) is 0. The summed E-state index contributed by atoms with van der Waals surface area (Å²) in [7, 11) is 0. The molecule has 0 rings (SSSR count). The molecule has 0 aromatic carbocycles. The molecule has 0 spiro atoms. The number of hydrogen-bond donors (Lipinski definition) is 2. The number of hydrogen-bond acceptors (Lipinski definition) is 3. The molecule has 0 aliphatic rings. The molecule has 13 heavy (non-hydrogen) atoms. The van der Waals surface area contributed by atoms with Crippen LogP contribution in [0.3, 0.4) is 0 Å². The lowest BCUT2D eigenvalue weighted by Gasteiger charge is -2.05. The molecule has 0 saturated heterocycles. The Morgan fingerprint density at radius 1 is 1.23 bits per heavy atom. The van der Waals surface area contributed by atoms with E-state index in [1.54, 1.807) is 0 Å². The van der Waals surface area contributed by atoms with Crippen LogP contribution in [0.4, 0.5) is 0 Å². The highest BCUT2D eigenvalue weighted by Crippen LogP contribution is 1.73. The lowest BCUT2D eigenvalue weighted by molar-refractivity contribution is -0.125. The maximum Gasteiger partial charge on any atom is 0.246 e. The van der Waals surface area contributed by atoms with Gasteiger partial charge in [0.15, 0.2) is 0 Å². The van der Waals surface area contributed by atoms with E-state index in [0.717, 1.165) is 19.5 Å². The molecule has 0 aliphatic carbocycles. The van der Waals surface area contributed by atoms with Gasteiger partial charge < -0.3 is 15.4 Å². The summed E-state index contributed by atoms with van der Waals surface area (Å²) in [5, 5.41) is 5.94. The van der Waals surface area contributed by atoms with Crippen molar-refractivity contribution in [3.63, 3.8) is 0 Å². The van der Waals surface area contributed by atoms with E-state index in [1.165, 1.54) is 0 Å². The van der Waals surface area contributed by atoms with Gasteiger partial charge in [-0.15, -0.1) is 0 Å². The molecular formula is C9H20N2O2. The Morgan fingerprint density at radius 2 is 2.00 bits per heavy atom. The van der Waals surface area contributed by atoms with Crippen molar-refractivity contribution in [1.82, 2.24) is 10.6 Å². The molecule has 78 valence electrons. The van der Waals surface area contributed by atoms with Crippen LogP contribution in [0, 0.1) is 0 Å². The molecular weight excluding hydrogens is 168 g/mol. The monoisotopic (exact) mass is 188 g/mol. The first-order chi connectivity index (χ1) is 6.31. The van der Waals surface area contributed by atoms with Gasteiger partial charge in [0.1, 0.15) is 6.61 Å². The van der Waals surface area contributed by atoms with Gasteiger partial charge >= 0.3 is 0 Å². The SMILES string of the molecule is CCCNCCNC(=O)COCC. The smallest absolute Gasteiger partial charge is 0.246 e. The lowest BCUT2D eigenvalue weighted by Crippen LogP contribution is -2.34. The first-order valence-corrected chi connectivity index (χ1v) is 4.86. The zero-order valence-corrected chi connectivity index (χ0v) is 8.56. The van der Waals surface area contributed by atoms with Crippen LogP contribution >= 0.6 is 0 Å². The Morgan fingerprint density at radius 3 is 2.62 bits per heavy atom. The number of rotatable bonds is 8. The molecule has 4 heteroatoms. The van der Waals surface area contributed by atoms with E-state index in [-0.39, 0.29) is 12.5 Å². The molecule has 0 atom stereocenters. The van der Waals surface area contributed by atoms with Crippen molar-refractivity contribution in [2.24, 2.45) is 0 Å². The van der Waals surface area contributed by atoms with E-state index in [1.807, 2.05) is 6.92 Å². The molecule has 0 unspecified atom stereocenters. The predicted octanol–water partition coefficient (Wildman–Crippen LogP) is 0.139. The maximum atomic E-state index is 11.0. The molecule has 2 N–H and O–H groups in total. The van der Waals surface area contributed by atoms with E-state index in [0.29, 0.717) is 13.2 Å². The van der Waals surface area contributed by atoms with Crippen LogP contribution in [0.25, 0.3) is 0 Å². The van der Waals surface area contributed by atoms with Crippen molar-refractivity contribution < 1.29 is 9.53 Å². The molecule has 0 fully saturated rings. The summed E-state index contributed by atoms with van der Waals surface area (Å²) in [5.74, 6) is -0.0415. The van der Waals surface area contributed by atoms with Gasteiger partial charge in [-0.05, 0) is 19.9 Å². The average Bonchev–Trinajstić information content (AvgIpc) is 2.14. The van der Waals surface area contributed by atoms with E-state index >= 15 is 0 Å². The largest absolute Gasteiger partial charge is 0.372 e. The quantitative estimate of drug-likeness (QED) is 0.533. The van der Waals surface area contributed by atoms with Gasteiger partial charge in [-0.1, -0.05) is 6.92 Å². The minimum atomic E-state index is -0.0415. The third-order valence-electron chi connectivity index (χ3n) is 1.49. The van der Waals surface area contributed by atoms with Crippen molar-refractivity contribution in [2.75, 3.05) is 32.8 Å². The Balaban J connectivity index is 3.08. The number of amides is 1. The highest BCUT2D eigenvalue weighted by atomic mass is 16.5.